The number of aromatic nitrogens is 2. The van der Waals surface area contributed by atoms with Gasteiger partial charge in [0.25, 0.3) is 0 Å². The van der Waals surface area contributed by atoms with Crippen LogP contribution in [0.4, 0.5) is 10.7 Å². The van der Waals surface area contributed by atoms with Gasteiger partial charge in [-0.2, -0.15) is 8.42 Å². The zero-order chi connectivity index (χ0) is 20.9. The summed E-state index contributed by atoms with van der Waals surface area (Å²) in [4.78, 5) is 31.6. The molecule has 0 atom stereocenters. The summed E-state index contributed by atoms with van der Waals surface area (Å²) < 4.78 is 35.7. The van der Waals surface area contributed by atoms with E-state index in [1.807, 2.05) is 0 Å². The molecule has 12 heteroatoms. The van der Waals surface area contributed by atoms with Crippen molar-refractivity contribution in [2.45, 2.75) is 26.9 Å². The van der Waals surface area contributed by atoms with Crippen LogP contribution in [-0.2, 0) is 15.0 Å². The maximum atomic E-state index is 12.1. The first-order valence-corrected chi connectivity index (χ1v) is 9.69. The first kappa shape index (κ1) is 21.4. The number of para-hydroxylation sites is 1. The summed E-state index contributed by atoms with van der Waals surface area (Å²) in [6.45, 7) is 4.90. The van der Waals surface area contributed by atoms with Gasteiger partial charge in [0.1, 0.15) is 10.7 Å². The molecule has 1 heterocycles. The molecule has 0 aliphatic carbocycles. The Morgan fingerprint density at radius 2 is 1.86 bits per heavy atom. The van der Waals surface area contributed by atoms with E-state index in [4.69, 9.17) is 20.5 Å². The number of carbonyl (C=O) groups excluding carboxylic acids is 2. The molecule has 0 saturated heterocycles. The fourth-order valence-corrected chi connectivity index (χ4v) is 2.89. The maximum absolute atomic E-state index is 12.1. The number of ether oxygens (including phenoxy) is 1. The van der Waals surface area contributed by atoms with Crippen LogP contribution in [0, 0.1) is 6.92 Å². The molecular formula is C16H17ClN4O6S. The van der Waals surface area contributed by atoms with E-state index >= 15 is 0 Å². The second-order valence-electron chi connectivity index (χ2n) is 5.70. The van der Waals surface area contributed by atoms with Crippen molar-refractivity contribution in [3.63, 3.8) is 0 Å². The fourth-order valence-electron chi connectivity index (χ4n) is 1.95. The predicted molar refractivity (Wildman–Crippen MR) is 100 cm³/mol. The molecule has 0 unspecified atom stereocenters. The summed E-state index contributed by atoms with van der Waals surface area (Å²) in [5.41, 5.74) is 0.350. The van der Waals surface area contributed by atoms with Crippen molar-refractivity contribution in [3.05, 3.63) is 46.7 Å². The minimum atomic E-state index is -4.62. The average Bonchev–Trinajstić information content (AvgIpc) is 2.52. The van der Waals surface area contributed by atoms with Crippen molar-refractivity contribution in [2.24, 2.45) is 0 Å². The Morgan fingerprint density at radius 1 is 1.18 bits per heavy atom. The van der Waals surface area contributed by atoms with E-state index < -0.39 is 28.4 Å². The number of anilines is 1. The van der Waals surface area contributed by atoms with Gasteiger partial charge in [-0.3, -0.25) is 5.32 Å². The van der Waals surface area contributed by atoms with Crippen molar-refractivity contribution < 1.29 is 26.9 Å². The van der Waals surface area contributed by atoms with Gasteiger partial charge >= 0.3 is 22.3 Å². The van der Waals surface area contributed by atoms with Gasteiger partial charge in [-0.1, -0.05) is 23.7 Å². The third kappa shape index (κ3) is 6.35. The molecule has 0 saturated carbocycles. The van der Waals surface area contributed by atoms with Crippen LogP contribution in [0.25, 0.3) is 0 Å². The van der Waals surface area contributed by atoms with Crippen LogP contribution in [0.3, 0.4) is 0 Å². The summed E-state index contributed by atoms with van der Waals surface area (Å²) in [5.74, 6) is -1.27. The Morgan fingerprint density at radius 3 is 2.50 bits per heavy atom. The van der Waals surface area contributed by atoms with E-state index in [0.29, 0.717) is 5.69 Å². The lowest BCUT2D eigenvalue weighted by atomic mass is 10.2. The number of amides is 2. The molecule has 0 fully saturated rings. The Kier molecular flexibility index (Phi) is 6.75. The van der Waals surface area contributed by atoms with Gasteiger partial charge in [-0.15, -0.1) is 0 Å². The quantitative estimate of drug-likeness (QED) is 0.528. The second-order valence-corrected chi connectivity index (χ2v) is 7.37. The van der Waals surface area contributed by atoms with Crippen molar-refractivity contribution >= 4 is 39.9 Å². The highest BCUT2D eigenvalue weighted by molar-refractivity contribution is 7.85. The van der Waals surface area contributed by atoms with Gasteiger partial charge in [0.2, 0.25) is 5.95 Å². The minimum absolute atomic E-state index is 0.0690. The van der Waals surface area contributed by atoms with Crippen LogP contribution in [0.5, 0.6) is 5.75 Å². The molecule has 2 rings (SSSR count). The first-order valence-electron chi connectivity index (χ1n) is 7.90. The molecule has 0 bridgehead atoms. The van der Waals surface area contributed by atoms with E-state index in [-0.39, 0.29) is 22.4 Å². The molecule has 1 aromatic heterocycles. The van der Waals surface area contributed by atoms with Crippen LogP contribution in [0.2, 0.25) is 5.15 Å². The lowest BCUT2D eigenvalue weighted by molar-refractivity contribution is 0.0376. The molecule has 150 valence electrons. The molecule has 0 aliphatic heterocycles. The maximum Gasteiger partial charge on any atom is 0.411 e. The van der Waals surface area contributed by atoms with E-state index in [1.165, 1.54) is 30.3 Å². The first-order chi connectivity index (χ1) is 13.1. The Bertz CT molecular complexity index is 976. The number of nitrogens with zero attached hydrogens (tertiary/aromatic N) is 2. The monoisotopic (exact) mass is 428 g/mol. The number of halogens is 1. The Balaban J connectivity index is 2.11. The van der Waals surface area contributed by atoms with E-state index in [2.05, 4.69) is 15.3 Å². The number of urea groups is 1. The topological polar surface area (TPSA) is 137 Å². The highest BCUT2D eigenvalue weighted by Crippen LogP contribution is 2.21. The molecule has 1 aromatic carbocycles. The average molecular weight is 429 g/mol. The summed E-state index contributed by atoms with van der Waals surface area (Å²) in [7, 11) is -4.62. The number of rotatable bonds is 6. The van der Waals surface area contributed by atoms with Gasteiger partial charge in [-0.25, -0.2) is 24.3 Å². The number of carbonyl (C=O) groups is 2. The normalized spacial score (nSPS) is 11.0. The summed E-state index contributed by atoms with van der Waals surface area (Å²) in [5, 5.41) is 2.19. The second kappa shape index (κ2) is 8.85. The molecule has 0 spiro atoms. The zero-order valence-electron chi connectivity index (χ0n) is 15.1. The lowest BCUT2D eigenvalue weighted by Crippen LogP contribution is -2.37. The number of nitrogens with one attached hydrogen (secondary N) is 2. The highest BCUT2D eigenvalue weighted by atomic mass is 35.5. The zero-order valence-corrected chi connectivity index (χ0v) is 16.7. The van der Waals surface area contributed by atoms with Crippen LogP contribution in [0.15, 0.2) is 30.3 Å². The Hall–Kier alpha value is -2.92. The smallest absolute Gasteiger partial charge is 0.411 e. The SMILES string of the molecule is Cc1cc(Cl)nc(NC(=O)NS(=O)(=O)Oc2ccccc2C(=O)OC(C)C)n1. The standard InChI is InChI=1S/C16H17ClN4O6S/c1-9(2)26-14(22)11-6-4-5-7-12(11)27-28(24,25)21-16(23)20-15-18-10(3)8-13(17)19-15/h4-9H,1-3H3,(H2,18,19,20,21,23). The number of benzene rings is 1. The molecule has 2 amide bonds. The molecular weight excluding hydrogens is 412 g/mol. The van der Waals surface area contributed by atoms with Gasteiger partial charge in [0.15, 0.2) is 5.75 Å². The largest absolute Gasteiger partial charge is 0.459 e. The summed E-state index contributed by atoms with van der Waals surface area (Å²) in [6, 6.07) is 5.83. The van der Waals surface area contributed by atoms with Gasteiger partial charge in [0, 0.05) is 5.69 Å². The molecule has 0 radical (unpaired) electrons. The van der Waals surface area contributed by atoms with Crippen LogP contribution in [-0.4, -0.2) is 36.5 Å². The number of hydrogen-bond donors (Lipinski definition) is 2. The molecule has 2 aromatic rings. The van der Waals surface area contributed by atoms with Gasteiger partial charge in [-0.05, 0) is 39.0 Å². The minimum Gasteiger partial charge on any atom is -0.459 e. The van der Waals surface area contributed by atoms with Crippen LogP contribution < -0.4 is 14.2 Å². The fraction of sp³-hybridized carbons (Fsp3) is 0.250. The lowest BCUT2D eigenvalue weighted by Gasteiger charge is -2.13. The molecule has 28 heavy (non-hydrogen) atoms. The number of hydrogen-bond acceptors (Lipinski definition) is 8. The number of aryl methyl sites for hydroxylation is 1. The molecule has 0 aliphatic rings. The van der Waals surface area contributed by atoms with E-state index in [9.17, 15) is 18.0 Å². The highest BCUT2D eigenvalue weighted by Gasteiger charge is 2.22. The predicted octanol–water partition coefficient (Wildman–Crippen LogP) is 2.45. The molecule has 2 N–H and O–H groups in total. The van der Waals surface area contributed by atoms with E-state index in [1.54, 1.807) is 25.5 Å². The van der Waals surface area contributed by atoms with E-state index in [0.717, 1.165) is 0 Å². The van der Waals surface area contributed by atoms with Crippen LogP contribution >= 0.6 is 11.6 Å². The molecule has 10 nitrogen and oxygen atoms in total. The van der Waals surface area contributed by atoms with Crippen LogP contribution in [0.1, 0.15) is 29.9 Å². The van der Waals surface area contributed by atoms with Crippen molar-refractivity contribution in [1.29, 1.82) is 0 Å². The number of esters is 1. The third-order valence-electron chi connectivity index (χ3n) is 2.92. The van der Waals surface area contributed by atoms with Crippen molar-refractivity contribution in [3.8, 4) is 5.75 Å². The van der Waals surface area contributed by atoms with Crippen molar-refractivity contribution in [2.75, 3.05) is 5.32 Å². The van der Waals surface area contributed by atoms with Crippen molar-refractivity contribution in [1.82, 2.24) is 14.7 Å². The summed E-state index contributed by atoms with van der Waals surface area (Å²) >= 11 is 5.75. The third-order valence-corrected chi connectivity index (χ3v) is 3.94. The van der Waals surface area contributed by atoms with Gasteiger partial charge in [0.05, 0.1) is 6.10 Å². The van der Waals surface area contributed by atoms with Gasteiger partial charge < -0.3 is 8.92 Å². The Labute approximate surface area is 166 Å². The summed E-state index contributed by atoms with van der Waals surface area (Å²) in [6.07, 6.45) is -0.415.